The molecular formula is C30H47NO4. The minimum atomic E-state index is -0.345. The largest absolute Gasteiger partial charge is 0.461 e. The van der Waals surface area contributed by atoms with Gasteiger partial charge in [-0.05, 0) is 24.8 Å². The summed E-state index contributed by atoms with van der Waals surface area (Å²) in [6.07, 6.45) is 22.6. The van der Waals surface area contributed by atoms with Crippen LogP contribution in [0.2, 0.25) is 0 Å². The van der Waals surface area contributed by atoms with Crippen LogP contribution in [-0.2, 0) is 6.54 Å². The smallest absolute Gasteiger partial charge is 0.264 e. The fourth-order valence-electron chi connectivity index (χ4n) is 4.89. The number of fused-ring (bicyclic) bond motifs is 1. The van der Waals surface area contributed by atoms with Gasteiger partial charge in [-0.1, -0.05) is 110 Å². The summed E-state index contributed by atoms with van der Waals surface area (Å²) in [6.45, 7) is 8.51. The van der Waals surface area contributed by atoms with E-state index in [9.17, 15) is 9.59 Å². The number of hydrogen-bond donors (Lipinski definition) is 0. The Kier molecular flexibility index (Phi) is 14.2. The van der Waals surface area contributed by atoms with Gasteiger partial charge in [0, 0.05) is 6.54 Å². The van der Waals surface area contributed by atoms with Crippen molar-refractivity contribution >= 4 is 11.0 Å². The molecule has 5 heteroatoms. The quantitative estimate of drug-likeness (QED) is 0.140. The maximum atomic E-state index is 13.3. The van der Waals surface area contributed by atoms with Crippen LogP contribution in [0, 0.1) is 5.92 Å². The Labute approximate surface area is 211 Å². The summed E-state index contributed by atoms with van der Waals surface area (Å²) < 4.78 is 12.2. The van der Waals surface area contributed by atoms with E-state index < -0.39 is 0 Å². The van der Waals surface area contributed by atoms with Gasteiger partial charge in [-0.2, -0.15) is 0 Å². The summed E-state index contributed by atoms with van der Waals surface area (Å²) in [5, 5.41) is 0.370. The second-order valence-electron chi connectivity index (χ2n) is 9.90. The summed E-state index contributed by atoms with van der Waals surface area (Å²) in [6, 6.07) is 2.97. The molecule has 0 spiro atoms. The normalized spacial score (nSPS) is 12.2. The molecule has 2 aromatic heterocycles. The lowest BCUT2D eigenvalue weighted by atomic mass is 9.94. The van der Waals surface area contributed by atoms with Gasteiger partial charge in [-0.25, -0.2) is 0 Å². The molecule has 0 aliphatic carbocycles. The van der Waals surface area contributed by atoms with Crippen LogP contribution in [0.5, 0.6) is 5.75 Å². The van der Waals surface area contributed by atoms with Crippen LogP contribution in [0.25, 0.3) is 11.0 Å². The Bertz CT molecular complexity index is 974. The lowest BCUT2D eigenvalue weighted by Gasteiger charge is -2.17. The first-order chi connectivity index (χ1) is 17.1. The fraction of sp³-hybridized carbons (Fsp3) is 0.667. The minimum absolute atomic E-state index is 0.233. The zero-order valence-electron chi connectivity index (χ0n) is 22.2. The number of rotatable bonds is 20. The van der Waals surface area contributed by atoms with Crippen LogP contribution < -0.4 is 15.9 Å². The molecule has 196 valence electrons. The lowest BCUT2D eigenvalue weighted by molar-refractivity contribution is 0.350. The maximum absolute atomic E-state index is 13.3. The van der Waals surface area contributed by atoms with Crippen LogP contribution in [-0.4, -0.2) is 4.57 Å². The Morgan fingerprint density at radius 3 is 1.97 bits per heavy atom. The van der Waals surface area contributed by atoms with E-state index in [1.165, 1.54) is 100 Å². The Hall–Kier alpha value is -2.30. The van der Waals surface area contributed by atoms with Gasteiger partial charge in [0.1, 0.15) is 0 Å². The Morgan fingerprint density at radius 1 is 0.886 bits per heavy atom. The van der Waals surface area contributed by atoms with Gasteiger partial charge in [-0.3, -0.25) is 14.2 Å². The minimum Gasteiger partial charge on any atom is -0.461 e. The van der Waals surface area contributed by atoms with E-state index in [1.54, 1.807) is 6.07 Å². The van der Waals surface area contributed by atoms with E-state index in [1.807, 2.05) is 0 Å². The van der Waals surface area contributed by atoms with Gasteiger partial charge >= 0.3 is 0 Å². The van der Waals surface area contributed by atoms with Gasteiger partial charge in [0.25, 0.3) is 11.1 Å². The topological polar surface area (TPSA) is 61.4 Å². The van der Waals surface area contributed by atoms with E-state index >= 15 is 0 Å². The third kappa shape index (κ3) is 10.1. The highest BCUT2D eigenvalue weighted by Crippen LogP contribution is 2.24. The van der Waals surface area contributed by atoms with E-state index in [0.29, 0.717) is 23.4 Å². The summed E-state index contributed by atoms with van der Waals surface area (Å²) in [5.74, 6) is 0.552. The average Bonchev–Trinajstić information content (AvgIpc) is 3.32. The molecule has 5 nitrogen and oxygen atoms in total. The van der Waals surface area contributed by atoms with Crippen molar-refractivity contribution in [1.82, 2.24) is 4.57 Å². The van der Waals surface area contributed by atoms with Crippen molar-refractivity contribution in [2.45, 2.75) is 123 Å². The highest BCUT2D eigenvalue weighted by molar-refractivity contribution is 5.81. The van der Waals surface area contributed by atoms with Gasteiger partial charge < -0.3 is 9.15 Å². The lowest BCUT2D eigenvalue weighted by Crippen LogP contribution is -2.32. The molecule has 35 heavy (non-hydrogen) atoms. The van der Waals surface area contributed by atoms with Crippen LogP contribution >= 0.6 is 0 Å². The molecule has 2 heterocycles. The second-order valence-corrected chi connectivity index (χ2v) is 9.90. The molecule has 2 aromatic rings. The van der Waals surface area contributed by atoms with E-state index in [4.69, 9.17) is 9.15 Å². The van der Waals surface area contributed by atoms with Crippen molar-refractivity contribution < 1.29 is 9.15 Å². The molecular weight excluding hydrogens is 438 g/mol. The van der Waals surface area contributed by atoms with E-state index in [-0.39, 0.29) is 16.9 Å². The van der Waals surface area contributed by atoms with Crippen LogP contribution in [0.1, 0.15) is 117 Å². The molecule has 0 aliphatic heterocycles. The molecule has 0 saturated carbocycles. The van der Waals surface area contributed by atoms with Crippen LogP contribution in [0.4, 0.5) is 0 Å². The average molecular weight is 486 g/mol. The molecule has 0 aliphatic rings. The van der Waals surface area contributed by atoms with Crippen molar-refractivity contribution in [2.24, 2.45) is 5.92 Å². The van der Waals surface area contributed by atoms with E-state index in [0.717, 1.165) is 25.7 Å². The number of aromatic nitrogens is 1. The number of unbranched alkanes of at least 4 members (excludes halogenated alkanes) is 12. The first-order valence-electron chi connectivity index (χ1n) is 14.0. The molecule has 0 radical (unpaired) electrons. The molecule has 2 rings (SSSR count). The van der Waals surface area contributed by atoms with Gasteiger partial charge in [0.15, 0.2) is 11.3 Å². The maximum Gasteiger partial charge on any atom is 0.264 e. The fourth-order valence-corrected chi connectivity index (χ4v) is 4.89. The molecule has 0 amide bonds. The summed E-state index contributed by atoms with van der Waals surface area (Å²) >= 11 is 0. The zero-order chi connectivity index (χ0) is 25.3. The first-order valence-corrected chi connectivity index (χ1v) is 14.0. The van der Waals surface area contributed by atoms with Crippen molar-refractivity contribution in [3.8, 4) is 5.75 Å². The second kappa shape index (κ2) is 17.2. The molecule has 0 N–H and O–H groups in total. The number of hydrogen-bond acceptors (Lipinski definition) is 4. The summed E-state index contributed by atoms with van der Waals surface area (Å²) in [5.41, 5.74) is -0.357. The summed E-state index contributed by atoms with van der Waals surface area (Å²) in [7, 11) is 0. The van der Waals surface area contributed by atoms with Crippen molar-refractivity contribution in [3.05, 3.63) is 51.9 Å². The highest BCUT2D eigenvalue weighted by atomic mass is 16.5. The van der Waals surface area contributed by atoms with Gasteiger partial charge in [0.2, 0.25) is 0 Å². The third-order valence-corrected chi connectivity index (χ3v) is 6.97. The molecule has 0 saturated heterocycles. The van der Waals surface area contributed by atoms with Crippen molar-refractivity contribution in [2.75, 3.05) is 0 Å². The molecule has 1 unspecified atom stereocenters. The monoisotopic (exact) mass is 485 g/mol. The number of nitrogens with zero attached hydrogens (tertiary/aromatic N) is 1. The number of ether oxygens (including phenoxy) is 1. The molecule has 0 fully saturated rings. The Morgan fingerprint density at radius 2 is 1.43 bits per heavy atom. The third-order valence-electron chi connectivity index (χ3n) is 6.97. The van der Waals surface area contributed by atoms with Crippen molar-refractivity contribution in [3.63, 3.8) is 0 Å². The van der Waals surface area contributed by atoms with E-state index in [2.05, 4.69) is 20.4 Å². The molecule has 0 bridgehead atoms. The molecule has 0 aromatic carbocycles. The zero-order valence-corrected chi connectivity index (χ0v) is 22.2. The van der Waals surface area contributed by atoms with Crippen LogP contribution in [0.3, 0.4) is 0 Å². The molecule has 1 atom stereocenters. The van der Waals surface area contributed by atoms with Gasteiger partial charge in [-0.15, -0.1) is 0 Å². The van der Waals surface area contributed by atoms with Crippen molar-refractivity contribution in [1.29, 1.82) is 0 Å². The predicted octanol–water partition coefficient (Wildman–Crippen LogP) is 8.37. The van der Waals surface area contributed by atoms with Gasteiger partial charge in [0.05, 0.1) is 24.0 Å². The number of furan rings is 1. The first kappa shape index (κ1) is 28.9. The SMILES string of the molecule is C=COc1cc(=O)n(CC(CCCCCCCC)CCCCCCCCCC)c(=O)c2ccoc12. The highest BCUT2D eigenvalue weighted by Gasteiger charge is 2.16. The standard InChI is InChI=1S/C30H47NO4/c1-4-7-9-11-13-14-16-18-20-25(19-17-15-12-10-8-5-2)24-31-28(32)23-27(34-6-3)29-26(30(31)33)21-22-35-29/h6,21-23,25H,3-5,7-20,24H2,1-2H3. The summed E-state index contributed by atoms with van der Waals surface area (Å²) in [4.78, 5) is 26.3. The predicted molar refractivity (Wildman–Crippen MR) is 146 cm³/mol. The Balaban J connectivity index is 2.08. The van der Waals surface area contributed by atoms with Crippen LogP contribution in [0.15, 0.2) is 45.2 Å².